The van der Waals surface area contributed by atoms with Crippen LogP contribution in [0.1, 0.15) is 19.3 Å². The molecule has 0 N–H and O–H groups in total. The molecule has 1 unspecified atom stereocenters. The molecule has 2 aliphatic rings. The van der Waals surface area contributed by atoms with Crippen molar-refractivity contribution in [2.24, 2.45) is 5.92 Å². The third-order valence-electron chi connectivity index (χ3n) is 5.09. The molecule has 1 aromatic carbocycles. The van der Waals surface area contributed by atoms with Gasteiger partial charge in [-0.15, -0.1) is 23.4 Å². The van der Waals surface area contributed by atoms with Gasteiger partial charge in [0.25, 0.3) is 0 Å². The summed E-state index contributed by atoms with van der Waals surface area (Å²) in [5, 5.41) is 8.29. The summed E-state index contributed by atoms with van der Waals surface area (Å²) < 4.78 is 46.6. The summed E-state index contributed by atoms with van der Waals surface area (Å²) in [6.45, 7) is 3.33. The number of nitrogens with zero attached hydrogens (tertiary/aromatic N) is 3. The Kier molecular flexibility index (Phi) is 4.90. The maximum Gasteiger partial charge on any atom is 0.573 e. The highest BCUT2D eigenvalue weighted by Gasteiger charge is 2.33. The molecule has 144 valence electrons. The highest BCUT2D eigenvalue weighted by atomic mass is 19.4. The smallest absolute Gasteiger partial charge is 0.473 e. The van der Waals surface area contributed by atoms with Gasteiger partial charge in [-0.05, 0) is 56.1 Å². The Morgan fingerprint density at radius 3 is 2.48 bits per heavy atom. The van der Waals surface area contributed by atoms with E-state index >= 15 is 0 Å². The third kappa shape index (κ3) is 4.50. The predicted molar refractivity (Wildman–Crippen MR) is 92.3 cm³/mol. The average molecular weight is 379 g/mol. The summed E-state index contributed by atoms with van der Waals surface area (Å²) in [6, 6.07) is 9.07. The Morgan fingerprint density at radius 1 is 0.963 bits per heavy atom. The van der Waals surface area contributed by atoms with E-state index in [9.17, 15) is 13.2 Å². The fraction of sp³-hybridized carbons (Fsp3) is 0.474. The SMILES string of the molecule is FC(F)(F)Oc1ccc(-c2ccc(O[C@H]3CCN4CCC[C@H]3C4)nn2)cc1. The lowest BCUT2D eigenvalue weighted by atomic mass is 9.87. The standard InChI is InChI=1S/C19H20F3N3O2/c20-19(21,22)27-15-5-3-13(4-6-15)16-7-8-18(24-23-16)26-17-9-11-25-10-1-2-14(17)12-25/h3-8,14,17H,1-2,9-12H2/t14-,17-/m0/s1. The number of hydrogen-bond acceptors (Lipinski definition) is 5. The quantitative estimate of drug-likeness (QED) is 0.806. The molecule has 2 fully saturated rings. The summed E-state index contributed by atoms with van der Waals surface area (Å²) in [5.41, 5.74) is 1.22. The molecule has 1 aromatic heterocycles. The summed E-state index contributed by atoms with van der Waals surface area (Å²) in [7, 11) is 0. The molecule has 2 bridgehead atoms. The van der Waals surface area contributed by atoms with Crippen molar-refractivity contribution in [3.8, 4) is 22.9 Å². The summed E-state index contributed by atoms with van der Waals surface area (Å²) in [5.74, 6) is 0.757. The van der Waals surface area contributed by atoms with Gasteiger partial charge in [0.2, 0.25) is 5.88 Å². The Morgan fingerprint density at radius 2 is 1.78 bits per heavy atom. The fourth-order valence-electron chi connectivity index (χ4n) is 3.82. The molecule has 3 atom stereocenters. The van der Waals surface area contributed by atoms with E-state index in [1.807, 2.05) is 0 Å². The molecule has 0 amide bonds. The number of benzene rings is 1. The molecule has 0 aliphatic carbocycles. The first-order valence-corrected chi connectivity index (χ1v) is 9.05. The number of piperidine rings is 2. The van der Waals surface area contributed by atoms with Gasteiger partial charge in [0.1, 0.15) is 11.9 Å². The molecule has 0 spiro atoms. The summed E-state index contributed by atoms with van der Waals surface area (Å²) in [4.78, 5) is 2.48. The summed E-state index contributed by atoms with van der Waals surface area (Å²) >= 11 is 0. The van der Waals surface area contributed by atoms with E-state index in [0.717, 1.165) is 19.5 Å². The van der Waals surface area contributed by atoms with Gasteiger partial charge < -0.3 is 14.4 Å². The second-order valence-electron chi connectivity index (χ2n) is 6.98. The van der Waals surface area contributed by atoms with E-state index in [1.165, 1.54) is 43.7 Å². The third-order valence-corrected chi connectivity index (χ3v) is 5.09. The maximum absolute atomic E-state index is 12.2. The van der Waals surface area contributed by atoms with E-state index in [-0.39, 0.29) is 11.9 Å². The van der Waals surface area contributed by atoms with E-state index in [1.54, 1.807) is 12.1 Å². The van der Waals surface area contributed by atoms with Crippen molar-refractivity contribution in [3.05, 3.63) is 36.4 Å². The van der Waals surface area contributed by atoms with Gasteiger partial charge in [0.05, 0.1) is 5.69 Å². The first kappa shape index (κ1) is 18.0. The van der Waals surface area contributed by atoms with Crippen molar-refractivity contribution < 1.29 is 22.6 Å². The van der Waals surface area contributed by atoms with Crippen LogP contribution in [0.3, 0.4) is 0 Å². The molecule has 2 aromatic rings. The van der Waals surface area contributed by atoms with Crippen molar-refractivity contribution in [2.75, 3.05) is 19.6 Å². The van der Waals surface area contributed by atoms with Crippen LogP contribution in [-0.4, -0.2) is 47.2 Å². The van der Waals surface area contributed by atoms with Gasteiger partial charge in [0.15, 0.2) is 0 Å². The van der Waals surface area contributed by atoms with Crippen LogP contribution < -0.4 is 9.47 Å². The topological polar surface area (TPSA) is 47.5 Å². The highest BCUT2D eigenvalue weighted by Crippen LogP contribution is 2.30. The lowest BCUT2D eigenvalue weighted by molar-refractivity contribution is -0.274. The number of halogens is 3. The highest BCUT2D eigenvalue weighted by molar-refractivity contribution is 5.59. The minimum atomic E-state index is -4.70. The Labute approximate surface area is 155 Å². The lowest BCUT2D eigenvalue weighted by Gasteiger charge is -2.42. The molecule has 4 rings (SSSR count). The predicted octanol–water partition coefficient (Wildman–Crippen LogP) is 3.91. The number of alkyl halides is 3. The largest absolute Gasteiger partial charge is 0.573 e. The molecule has 27 heavy (non-hydrogen) atoms. The maximum atomic E-state index is 12.2. The average Bonchev–Trinajstić information content (AvgIpc) is 2.65. The van der Waals surface area contributed by atoms with Crippen molar-refractivity contribution in [1.29, 1.82) is 0 Å². The fourth-order valence-corrected chi connectivity index (χ4v) is 3.82. The Hall–Kier alpha value is -2.35. The number of ether oxygens (including phenoxy) is 2. The monoisotopic (exact) mass is 379 g/mol. The number of fused-ring (bicyclic) bond motifs is 2. The van der Waals surface area contributed by atoms with Crippen LogP contribution in [0.4, 0.5) is 13.2 Å². The van der Waals surface area contributed by atoms with Crippen molar-refractivity contribution in [1.82, 2.24) is 15.1 Å². The Balaban J connectivity index is 1.40. The van der Waals surface area contributed by atoms with E-state index in [0.29, 0.717) is 23.1 Å². The van der Waals surface area contributed by atoms with Crippen LogP contribution in [0.25, 0.3) is 11.3 Å². The van der Waals surface area contributed by atoms with Crippen LogP contribution in [0, 0.1) is 5.92 Å². The van der Waals surface area contributed by atoms with E-state index in [4.69, 9.17) is 4.74 Å². The first-order chi connectivity index (χ1) is 13.0. The summed E-state index contributed by atoms with van der Waals surface area (Å²) in [6.07, 6.45) is -1.15. The van der Waals surface area contributed by atoms with Crippen molar-refractivity contribution in [2.45, 2.75) is 31.7 Å². The van der Waals surface area contributed by atoms with E-state index < -0.39 is 6.36 Å². The molecular weight excluding hydrogens is 359 g/mol. The molecule has 2 saturated heterocycles. The van der Waals surface area contributed by atoms with Crippen LogP contribution >= 0.6 is 0 Å². The number of aromatic nitrogens is 2. The van der Waals surface area contributed by atoms with Gasteiger partial charge >= 0.3 is 6.36 Å². The normalized spacial score (nSPS) is 25.1. The van der Waals surface area contributed by atoms with Gasteiger partial charge in [-0.3, -0.25) is 0 Å². The van der Waals surface area contributed by atoms with E-state index in [2.05, 4.69) is 19.8 Å². The van der Waals surface area contributed by atoms with Crippen LogP contribution in [0.15, 0.2) is 36.4 Å². The molecule has 3 heterocycles. The lowest BCUT2D eigenvalue weighted by Crippen LogP contribution is -2.49. The zero-order valence-corrected chi connectivity index (χ0v) is 14.7. The first-order valence-electron chi connectivity index (χ1n) is 9.05. The number of rotatable bonds is 4. The molecule has 5 nitrogen and oxygen atoms in total. The minimum absolute atomic E-state index is 0.167. The molecule has 2 aliphatic heterocycles. The van der Waals surface area contributed by atoms with Gasteiger partial charge in [-0.1, -0.05) is 0 Å². The molecular formula is C19H20F3N3O2. The molecule has 8 heteroatoms. The second kappa shape index (κ2) is 7.34. The Bertz CT molecular complexity index is 765. The van der Waals surface area contributed by atoms with Crippen LogP contribution in [0.5, 0.6) is 11.6 Å². The van der Waals surface area contributed by atoms with Crippen molar-refractivity contribution in [3.63, 3.8) is 0 Å². The van der Waals surface area contributed by atoms with Crippen LogP contribution in [-0.2, 0) is 0 Å². The second-order valence-corrected chi connectivity index (χ2v) is 6.98. The van der Waals surface area contributed by atoms with Gasteiger partial charge in [-0.2, -0.15) is 0 Å². The zero-order valence-electron chi connectivity index (χ0n) is 14.7. The van der Waals surface area contributed by atoms with Gasteiger partial charge in [0, 0.05) is 30.6 Å². The molecule has 0 radical (unpaired) electrons. The van der Waals surface area contributed by atoms with Crippen LogP contribution in [0.2, 0.25) is 0 Å². The minimum Gasteiger partial charge on any atom is -0.473 e. The zero-order chi connectivity index (χ0) is 18.9. The number of hydrogen-bond donors (Lipinski definition) is 0. The molecule has 0 saturated carbocycles. The van der Waals surface area contributed by atoms with Crippen molar-refractivity contribution >= 4 is 0 Å². The van der Waals surface area contributed by atoms with Gasteiger partial charge in [-0.25, -0.2) is 0 Å².